The van der Waals surface area contributed by atoms with Crippen LogP contribution in [0.15, 0.2) is 48.8 Å². The van der Waals surface area contributed by atoms with Gasteiger partial charge in [0.15, 0.2) is 11.5 Å². The molecule has 2 aromatic rings. The number of amides is 1. The van der Waals surface area contributed by atoms with E-state index < -0.39 is 6.10 Å². The average Bonchev–Trinajstić information content (AvgIpc) is 2.68. The highest BCUT2D eigenvalue weighted by Gasteiger charge is 2.38. The SMILES string of the molecule is C[C@@H]1Oc2ccccc2O[C@@H]1C(=O)N1CCC(Oc2cccnc2)CC1. The summed E-state index contributed by atoms with van der Waals surface area (Å²) in [5.74, 6) is 2.06. The summed E-state index contributed by atoms with van der Waals surface area (Å²) in [5.41, 5.74) is 0. The summed E-state index contributed by atoms with van der Waals surface area (Å²) in [4.78, 5) is 18.8. The molecule has 0 unspecified atom stereocenters. The average molecular weight is 354 g/mol. The Balaban J connectivity index is 1.35. The molecule has 2 atom stereocenters. The zero-order valence-electron chi connectivity index (χ0n) is 14.7. The normalized spacial score (nSPS) is 22.7. The third-order valence-corrected chi connectivity index (χ3v) is 4.78. The maximum Gasteiger partial charge on any atom is 0.267 e. The lowest BCUT2D eigenvalue weighted by molar-refractivity contribution is -0.146. The van der Waals surface area contributed by atoms with Crippen molar-refractivity contribution in [3.05, 3.63) is 48.8 Å². The zero-order chi connectivity index (χ0) is 17.9. The number of hydrogen-bond donors (Lipinski definition) is 0. The number of pyridine rings is 1. The van der Waals surface area contributed by atoms with Gasteiger partial charge in [0, 0.05) is 32.1 Å². The topological polar surface area (TPSA) is 60.9 Å². The standard InChI is InChI=1S/C20H22N2O4/c1-14-19(26-18-7-3-2-6-17(18)24-14)20(23)22-11-8-15(9-12-22)25-16-5-4-10-21-13-16/h2-7,10,13-15,19H,8-9,11-12H2,1H3/t14-,19-/m0/s1. The Bertz CT molecular complexity index is 759. The molecule has 1 aromatic heterocycles. The molecule has 0 radical (unpaired) electrons. The van der Waals surface area contributed by atoms with E-state index in [9.17, 15) is 4.79 Å². The van der Waals surface area contributed by atoms with Crippen molar-refractivity contribution in [2.24, 2.45) is 0 Å². The van der Waals surface area contributed by atoms with Crippen LogP contribution in [0.3, 0.4) is 0 Å². The van der Waals surface area contributed by atoms with Gasteiger partial charge in [-0.05, 0) is 31.2 Å². The van der Waals surface area contributed by atoms with Gasteiger partial charge in [-0.3, -0.25) is 9.78 Å². The number of nitrogens with zero attached hydrogens (tertiary/aromatic N) is 2. The van der Waals surface area contributed by atoms with Crippen LogP contribution in [0, 0.1) is 0 Å². The number of para-hydroxylation sites is 2. The number of piperidine rings is 1. The minimum atomic E-state index is -0.610. The van der Waals surface area contributed by atoms with Crippen molar-refractivity contribution in [2.75, 3.05) is 13.1 Å². The van der Waals surface area contributed by atoms with Gasteiger partial charge in [-0.2, -0.15) is 0 Å². The number of likely N-dealkylation sites (tertiary alicyclic amines) is 1. The molecular formula is C20H22N2O4. The lowest BCUT2D eigenvalue weighted by Gasteiger charge is -2.37. The molecule has 4 rings (SSSR count). The molecule has 0 aliphatic carbocycles. The first-order valence-electron chi connectivity index (χ1n) is 8.98. The monoisotopic (exact) mass is 354 g/mol. The fourth-order valence-corrected chi connectivity index (χ4v) is 3.37. The van der Waals surface area contributed by atoms with Crippen LogP contribution in [0.25, 0.3) is 0 Å². The van der Waals surface area contributed by atoms with E-state index in [-0.39, 0.29) is 18.1 Å². The van der Waals surface area contributed by atoms with Crippen LogP contribution in [0.5, 0.6) is 17.2 Å². The Morgan fingerprint density at radius 2 is 1.85 bits per heavy atom. The number of benzene rings is 1. The van der Waals surface area contributed by atoms with Crippen LogP contribution >= 0.6 is 0 Å². The van der Waals surface area contributed by atoms with Crippen LogP contribution in [-0.2, 0) is 4.79 Å². The van der Waals surface area contributed by atoms with Crippen molar-refractivity contribution < 1.29 is 19.0 Å². The predicted molar refractivity (Wildman–Crippen MR) is 95.4 cm³/mol. The zero-order valence-corrected chi connectivity index (χ0v) is 14.7. The Hall–Kier alpha value is -2.76. The molecule has 136 valence electrons. The first kappa shape index (κ1) is 16.7. The summed E-state index contributed by atoms with van der Waals surface area (Å²) in [6, 6.07) is 11.2. The molecule has 1 fully saturated rings. The summed E-state index contributed by atoms with van der Waals surface area (Å²) in [7, 11) is 0. The molecule has 26 heavy (non-hydrogen) atoms. The van der Waals surface area contributed by atoms with Gasteiger partial charge in [0.1, 0.15) is 18.0 Å². The van der Waals surface area contributed by atoms with E-state index in [1.54, 1.807) is 12.4 Å². The number of rotatable bonds is 3. The van der Waals surface area contributed by atoms with E-state index in [1.807, 2.05) is 48.2 Å². The predicted octanol–water partition coefficient (Wildman–Crippen LogP) is 2.68. The molecule has 2 aliphatic rings. The number of fused-ring (bicyclic) bond motifs is 1. The Kier molecular flexibility index (Phi) is 4.65. The fourth-order valence-electron chi connectivity index (χ4n) is 3.37. The molecule has 6 heteroatoms. The summed E-state index contributed by atoms with van der Waals surface area (Å²) in [5, 5.41) is 0. The van der Waals surface area contributed by atoms with Crippen LogP contribution in [0.4, 0.5) is 0 Å². The van der Waals surface area contributed by atoms with E-state index in [0.717, 1.165) is 18.6 Å². The number of carbonyl (C=O) groups excluding carboxylic acids is 1. The third-order valence-electron chi connectivity index (χ3n) is 4.78. The van der Waals surface area contributed by atoms with Gasteiger partial charge in [-0.1, -0.05) is 12.1 Å². The molecule has 1 amide bonds. The molecule has 0 spiro atoms. The molecule has 2 aliphatic heterocycles. The second kappa shape index (κ2) is 7.23. The van der Waals surface area contributed by atoms with Crippen LogP contribution in [-0.4, -0.2) is 47.2 Å². The fraction of sp³-hybridized carbons (Fsp3) is 0.400. The second-order valence-corrected chi connectivity index (χ2v) is 6.64. The highest BCUT2D eigenvalue weighted by molar-refractivity contribution is 5.82. The van der Waals surface area contributed by atoms with Crippen molar-refractivity contribution >= 4 is 5.91 Å². The molecule has 3 heterocycles. The molecule has 6 nitrogen and oxygen atoms in total. The third kappa shape index (κ3) is 3.45. The van der Waals surface area contributed by atoms with Crippen molar-refractivity contribution in [3.63, 3.8) is 0 Å². The Morgan fingerprint density at radius 3 is 2.54 bits per heavy atom. The number of aromatic nitrogens is 1. The smallest absolute Gasteiger partial charge is 0.267 e. The summed E-state index contributed by atoms with van der Waals surface area (Å²) >= 11 is 0. The summed E-state index contributed by atoms with van der Waals surface area (Å²) in [6.07, 6.45) is 4.19. The molecule has 1 saturated heterocycles. The van der Waals surface area contributed by atoms with E-state index in [0.29, 0.717) is 24.6 Å². The van der Waals surface area contributed by atoms with Gasteiger partial charge >= 0.3 is 0 Å². The van der Waals surface area contributed by atoms with Crippen molar-refractivity contribution in [3.8, 4) is 17.2 Å². The molecule has 0 N–H and O–H groups in total. The van der Waals surface area contributed by atoms with E-state index in [4.69, 9.17) is 14.2 Å². The maximum absolute atomic E-state index is 12.9. The molecular weight excluding hydrogens is 332 g/mol. The first-order valence-corrected chi connectivity index (χ1v) is 8.98. The Morgan fingerprint density at radius 1 is 1.12 bits per heavy atom. The highest BCUT2D eigenvalue weighted by atomic mass is 16.6. The van der Waals surface area contributed by atoms with Crippen molar-refractivity contribution in [1.82, 2.24) is 9.88 Å². The van der Waals surface area contributed by atoms with Crippen LogP contribution in [0.2, 0.25) is 0 Å². The summed E-state index contributed by atoms with van der Waals surface area (Å²) < 4.78 is 17.7. The first-order chi connectivity index (χ1) is 12.7. The van der Waals surface area contributed by atoms with Gasteiger partial charge in [0.25, 0.3) is 5.91 Å². The van der Waals surface area contributed by atoms with Crippen molar-refractivity contribution in [2.45, 2.75) is 38.1 Å². The van der Waals surface area contributed by atoms with Gasteiger partial charge < -0.3 is 19.1 Å². The molecule has 0 saturated carbocycles. The van der Waals surface area contributed by atoms with Crippen molar-refractivity contribution in [1.29, 1.82) is 0 Å². The maximum atomic E-state index is 12.9. The lowest BCUT2D eigenvalue weighted by Crippen LogP contribution is -2.53. The number of hydrogen-bond acceptors (Lipinski definition) is 5. The van der Waals surface area contributed by atoms with Gasteiger partial charge in [0.2, 0.25) is 6.10 Å². The van der Waals surface area contributed by atoms with Crippen LogP contribution < -0.4 is 14.2 Å². The minimum Gasteiger partial charge on any atom is -0.489 e. The molecule has 1 aromatic carbocycles. The van der Waals surface area contributed by atoms with E-state index >= 15 is 0 Å². The number of carbonyl (C=O) groups is 1. The van der Waals surface area contributed by atoms with Gasteiger partial charge in [-0.25, -0.2) is 0 Å². The highest BCUT2D eigenvalue weighted by Crippen LogP contribution is 2.34. The number of ether oxygens (including phenoxy) is 3. The quantitative estimate of drug-likeness (QED) is 0.848. The van der Waals surface area contributed by atoms with E-state index in [2.05, 4.69) is 4.98 Å². The second-order valence-electron chi connectivity index (χ2n) is 6.64. The largest absolute Gasteiger partial charge is 0.489 e. The molecule has 0 bridgehead atoms. The van der Waals surface area contributed by atoms with Crippen LogP contribution in [0.1, 0.15) is 19.8 Å². The van der Waals surface area contributed by atoms with Gasteiger partial charge in [-0.15, -0.1) is 0 Å². The van der Waals surface area contributed by atoms with Gasteiger partial charge in [0.05, 0.1) is 6.20 Å². The summed E-state index contributed by atoms with van der Waals surface area (Å²) in [6.45, 7) is 3.17. The van der Waals surface area contributed by atoms with E-state index in [1.165, 1.54) is 0 Å². The minimum absolute atomic E-state index is 0.0215. The Labute approximate surface area is 152 Å². The lowest BCUT2D eigenvalue weighted by atomic mass is 10.1.